The SMILES string of the molecule is CCO[C@@H](C(=O)Nc1cccc(N2CCCC2=O)c1)c1ccccc1. The van der Waals surface area contributed by atoms with Crippen molar-refractivity contribution >= 4 is 23.2 Å². The molecule has 1 heterocycles. The van der Waals surface area contributed by atoms with Crippen molar-refractivity contribution in [3.05, 3.63) is 60.2 Å². The third-order valence-electron chi connectivity index (χ3n) is 4.17. The molecule has 0 saturated carbocycles. The number of hydrogen-bond acceptors (Lipinski definition) is 3. The molecule has 1 saturated heterocycles. The van der Waals surface area contributed by atoms with E-state index in [0.29, 0.717) is 18.7 Å². The number of ether oxygens (including phenoxy) is 1. The molecular formula is C20H22N2O3. The van der Waals surface area contributed by atoms with Gasteiger partial charge in [-0.25, -0.2) is 0 Å². The molecule has 1 aliphatic rings. The number of nitrogens with one attached hydrogen (secondary N) is 1. The predicted molar refractivity (Wildman–Crippen MR) is 97.5 cm³/mol. The molecule has 0 bridgehead atoms. The van der Waals surface area contributed by atoms with Gasteiger partial charge >= 0.3 is 0 Å². The molecule has 130 valence electrons. The zero-order valence-corrected chi connectivity index (χ0v) is 14.3. The Balaban J connectivity index is 1.76. The summed E-state index contributed by atoms with van der Waals surface area (Å²) in [6.45, 7) is 3.03. The van der Waals surface area contributed by atoms with Crippen LogP contribution in [-0.2, 0) is 14.3 Å². The van der Waals surface area contributed by atoms with E-state index in [-0.39, 0.29) is 11.8 Å². The lowest BCUT2D eigenvalue weighted by Crippen LogP contribution is -2.25. The Kier molecular flexibility index (Phi) is 5.46. The Morgan fingerprint density at radius 3 is 2.68 bits per heavy atom. The summed E-state index contributed by atoms with van der Waals surface area (Å²) in [6.07, 6.45) is 0.788. The normalized spacial score (nSPS) is 15.2. The lowest BCUT2D eigenvalue weighted by Gasteiger charge is -2.19. The molecule has 1 fully saturated rings. The van der Waals surface area contributed by atoms with Gasteiger partial charge in [-0.3, -0.25) is 9.59 Å². The first-order chi connectivity index (χ1) is 12.2. The maximum absolute atomic E-state index is 12.7. The summed E-state index contributed by atoms with van der Waals surface area (Å²) in [5.74, 6) is -0.0992. The molecule has 0 spiro atoms. The van der Waals surface area contributed by atoms with Crippen LogP contribution in [0.15, 0.2) is 54.6 Å². The van der Waals surface area contributed by atoms with Gasteiger partial charge in [0.1, 0.15) is 0 Å². The first-order valence-electron chi connectivity index (χ1n) is 8.57. The van der Waals surface area contributed by atoms with Crippen molar-refractivity contribution in [1.82, 2.24) is 0 Å². The summed E-state index contributed by atoms with van der Waals surface area (Å²) in [5, 5.41) is 2.90. The van der Waals surface area contributed by atoms with Gasteiger partial charge in [0.2, 0.25) is 5.91 Å². The quantitative estimate of drug-likeness (QED) is 0.876. The lowest BCUT2D eigenvalue weighted by molar-refractivity contribution is -0.127. The summed E-state index contributed by atoms with van der Waals surface area (Å²) < 4.78 is 5.63. The predicted octanol–water partition coefficient (Wildman–Crippen LogP) is 3.53. The molecule has 1 aliphatic heterocycles. The average Bonchev–Trinajstić information content (AvgIpc) is 3.06. The number of amides is 2. The third kappa shape index (κ3) is 4.06. The summed E-state index contributed by atoms with van der Waals surface area (Å²) >= 11 is 0. The van der Waals surface area contributed by atoms with Gasteiger partial charge in [-0.15, -0.1) is 0 Å². The highest BCUT2D eigenvalue weighted by Gasteiger charge is 2.23. The van der Waals surface area contributed by atoms with Gasteiger partial charge in [0.15, 0.2) is 6.10 Å². The number of carbonyl (C=O) groups excluding carboxylic acids is 2. The highest BCUT2D eigenvalue weighted by molar-refractivity contribution is 5.98. The molecule has 1 N–H and O–H groups in total. The van der Waals surface area contributed by atoms with Crippen molar-refractivity contribution in [1.29, 1.82) is 0 Å². The molecule has 0 radical (unpaired) electrons. The van der Waals surface area contributed by atoms with Crippen LogP contribution in [0.2, 0.25) is 0 Å². The van der Waals surface area contributed by atoms with E-state index < -0.39 is 6.10 Å². The molecule has 1 atom stereocenters. The van der Waals surface area contributed by atoms with Gasteiger partial charge in [-0.2, -0.15) is 0 Å². The van der Waals surface area contributed by atoms with Gasteiger partial charge in [-0.1, -0.05) is 36.4 Å². The zero-order chi connectivity index (χ0) is 17.6. The molecule has 0 unspecified atom stereocenters. The fraction of sp³-hybridized carbons (Fsp3) is 0.300. The van der Waals surface area contributed by atoms with E-state index >= 15 is 0 Å². The maximum atomic E-state index is 12.7. The molecule has 2 aromatic carbocycles. The molecule has 5 heteroatoms. The van der Waals surface area contributed by atoms with Gasteiger partial charge in [0.25, 0.3) is 5.91 Å². The molecular weight excluding hydrogens is 316 g/mol. The number of hydrogen-bond donors (Lipinski definition) is 1. The summed E-state index contributed by atoms with van der Waals surface area (Å²) in [6, 6.07) is 16.8. The Morgan fingerprint density at radius 2 is 2.00 bits per heavy atom. The number of anilines is 2. The smallest absolute Gasteiger partial charge is 0.258 e. The van der Waals surface area contributed by atoms with Crippen molar-refractivity contribution < 1.29 is 14.3 Å². The second kappa shape index (κ2) is 7.94. The fourth-order valence-electron chi connectivity index (χ4n) is 3.00. The van der Waals surface area contributed by atoms with E-state index in [2.05, 4.69) is 5.32 Å². The number of rotatable bonds is 6. The van der Waals surface area contributed by atoms with Crippen LogP contribution < -0.4 is 10.2 Å². The molecule has 0 aromatic heterocycles. The largest absolute Gasteiger partial charge is 0.364 e. The fourth-order valence-corrected chi connectivity index (χ4v) is 3.00. The van der Waals surface area contributed by atoms with Crippen LogP contribution in [0.25, 0.3) is 0 Å². The standard InChI is InChI=1S/C20H22N2O3/c1-2-25-19(15-8-4-3-5-9-15)20(24)21-16-10-6-11-17(14-16)22-13-7-12-18(22)23/h3-6,8-11,14,19H,2,7,12-13H2,1H3,(H,21,24)/t19-/m1/s1. The van der Waals surface area contributed by atoms with E-state index in [9.17, 15) is 9.59 Å². The zero-order valence-electron chi connectivity index (χ0n) is 14.3. The summed E-state index contributed by atoms with van der Waals surface area (Å²) in [5.41, 5.74) is 2.28. The van der Waals surface area contributed by atoms with Crippen LogP contribution in [-0.4, -0.2) is 25.0 Å². The van der Waals surface area contributed by atoms with Crippen molar-refractivity contribution in [2.45, 2.75) is 25.9 Å². The molecule has 2 amide bonds. The molecule has 5 nitrogen and oxygen atoms in total. The van der Waals surface area contributed by atoms with E-state index in [1.165, 1.54) is 0 Å². The van der Waals surface area contributed by atoms with E-state index in [4.69, 9.17) is 4.74 Å². The minimum absolute atomic E-state index is 0.125. The molecule has 0 aliphatic carbocycles. The Bertz CT molecular complexity index is 746. The average molecular weight is 338 g/mol. The Morgan fingerprint density at radius 1 is 1.20 bits per heavy atom. The highest BCUT2D eigenvalue weighted by Crippen LogP contribution is 2.25. The first-order valence-corrected chi connectivity index (χ1v) is 8.57. The second-order valence-corrected chi connectivity index (χ2v) is 5.93. The monoisotopic (exact) mass is 338 g/mol. The second-order valence-electron chi connectivity index (χ2n) is 5.93. The summed E-state index contributed by atoms with van der Waals surface area (Å²) in [7, 11) is 0. The van der Waals surface area contributed by atoms with Gasteiger partial charge < -0.3 is 15.0 Å². The Hall–Kier alpha value is -2.66. The van der Waals surface area contributed by atoms with Crippen LogP contribution in [0.3, 0.4) is 0 Å². The molecule has 2 aromatic rings. The van der Waals surface area contributed by atoms with Crippen LogP contribution in [0.4, 0.5) is 11.4 Å². The van der Waals surface area contributed by atoms with Crippen LogP contribution in [0.1, 0.15) is 31.4 Å². The molecule has 25 heavy (non-hydrogen) atoms. The third-order valence-corrected chi connectivity index (χ3v) is 4.17. The van der Waals surface area contributed by atoms with Gasteiger partial charge in [0, 0.05) is 30.9 Å². The van der Waals surface area contributed by atoms with Gasteiger partial charge in [0.05, 0.1) is 0 Å². The topological polar surface area (TPSA) is 58.6 Å². The first kappa shape index (κ1) is 17.2. The van der Waals surface area contributed by atoms with Gasteiger partial charge in [-0.05, 0) is 37.1 Å². The van der Waals surface area contributed by atoms with E-state index in [1.807, 2.05) is 61.5 Å². The van der Waals surface area contributed by atoms with Crippen molar-refractivity contribution in [3.8, 4) is 0 Å². The van der Waals surface area contributed by atoms with E-state index in [0.717, 1.165) is 24.2 Å². The van der Waals surface area contributed by atoms with Crippen molar-refractivity contribution in [2.75, 3.05) is 23.4 Å². The van der Waals surface area contributed by atoms with Crippen molar-refractivity contribution in [2.24, 2.45) is 0 Å². The Labute approximate surface area is 147 Å². The minimum atomic E-state index is -0.664. The highest BCUT2D eigenvalue weighted by atomic mass is 16.5. The number of nitrogens with zero attached hydrogens (tertiary/aromatic N) is 1. The van der Waals surface area contributed by atoms with Crippen LogP contribution in [0.5, 0.6) is 0 Å². The number of benzene rings is 2. The van der Waals surface area contributed by atoms with Crippen LogP contribution >= 0.6 is 0 Å². The van der Waals surface area contributed by atoms with Crippen molar-refractivity contribution in [3.63, 3.8) is 0 Å². The van der Waals surface area contributed by atoms with Crippen LogP contribution in [0, 0.1) is 0 Å². The lowest BCUT2D eigenvalue weighted by atomic mass is 10.1. The minimum Gasteiger partial charge on any atom is -0.364 e. The maximum Gasteiger partial charge on any atom is 0.258 e. The molecule has 3 rings (SSSR count). The summed E-state index contributed by atoms with van der Waals surface area (Å²) in [4.78, 5) is 26.3. The van der Waals surface area contributed by atoms with E-state index in [1.54, 1.807) is 4.90 Å². The number of carbonyl (C=O) groups is 2.